The van der Waals surface area contributed by atoms with Crippen molar-refractivity contribution in [2.24, 2.45) is 0 Å². The van der Waals surface area contributed by atoms with Crippen molar-refractivity contribution in [3.8, 4) is 11.3 Å². The molecule has 0 atom stereocenters. The molecule has 1 N–H and O–H groups in total. The van der Waals surface area contributed by atoms with Crippen LogP contribution < -0.4 is 0 Å². The van der Waals surface area contributed by atoms with Crippen LogP contribution in [0.5, 0.6) is 0 Å². The van der Waals surface area contributed by atoms with Crippen molar-refractivity contribution in [1.82, 2.24) is 4.90 Å². The van der Waals surface area contributed by atoms with Crippen molar-refractivity contribution in [3.05, 3.63) is 52.6 Å². The van der Waals surface area contributed by atoms with Crippen molar-refractivity contribution in [1.29, 1.82) is 0 Å². The van der Waals surface area contributed by atoms with Gasteiger partial charge in [0.1, 0.15) is 22.4 Å². The molecule has 0 spiro atoms. The van der Waals surface area contributed by atoms with E-state index in [-0.39, 0.29) is 9.23 Å². The van der Waals surface area contributed by atoms with E-state index in [1.54, 1.807) is 36.4 Å². The number of thiocarbonyl (C=S) groups is 1. The summed E-state index contributed by atoms with van der Waals surface area (Å²) in [5.41, 5.74) is 1.07. The Balaban J connectivity index is 0.00000145. The maximum Gasteiger partial charge on any atom is 0.337 e. The highest BCUT2D eigenvalue weighted by Crippen LogP contribution is 2.33. The number of rotatable bonds is 5. The normalized spacial score (nSPS) is 14.6. The zero-order valence-corrected chi connectivity index (χ0v) is 17.6. The van der Waals surface area contributed by atoms with E-state index in [4.69, 9.17) is 26.5 Å². The largest absolute Gasteiger partial charge is 0.480 e. The van der Waals surface area contributed by atoms with E-state index in [0.717, 1.165) is 16.7 Å². The summed E-state index contributed by atoms with van der Waals surface area (Å²) in [7, 11) is 1.31. The Kier molecular flexibility index (Phi) is 7.74. The lowest BCUT2D eigenvalue weighted by atomic mass is 10.1. The summed E-state index contributed by atoms with van der Waals surface area (Å²) in [5.74, 6) is -1.15. The molecule has 0 aliphatic carbocycles. The van der Waals surface area contributed by atoms with Gasteiger partial charge in [0.25, 0.3) is 5.91 Å². The van der Waals surface area contributed by atoms with E-state index in [2.05, 4.69) is 0 Å². The molecule has 1 saturated heterocycles. The van der Waals surface area contributed by atoms with Crippen LogP contribution >= 0.6 is 24.0 Å². The summed E-state index contributed by atoms with van der Waals surface area (Å²) in [5, 5.41) is 8.86. The minimum Gasteiger partial charge on any atom is -0.480 e. The standard InChI is InChI=1S/C18H13NO6S2.C2H6/c1-24-17(23)11-4-2-3-10(7-11)13-6-5-12(25-13)8-14-16(22)19(9-15(20)21)18(26)27-14;1-2/h2-8H,9H2,1H3,(H,20,21);1-2H3/b14-8+;. The summed E-state index contributed by atoms with van der Waals surface area (Å²) in [6.07, 6.45) is 1.51. The van der Waals surface area contributed by atoms with Gasteiger partial charge in [-0.25, -0.2) is 4.79 Å². The summed E-state index contributed by atoms with van der Waals surface area (Å²) >= 11 is 6.07. The highest BCUT2D eigenvalue weighted by atomic mass is 32.2. The van der Waals surface area contributed by atoms with Crippen LogP contribution in [-0.4, -0.2) is 45.8 Å². The molecule has 0 radical (unpaired) electrons. The molecule has 2 aromatic rings. The van der Waals surface area contributed by atoms with Crippen molar-refractivity contribution in [3.63, 3.8) is 0 Å². The fourth-order valence-electron chi connectivity index (χ4n) is 2.40. The molecule has 1 aliphatic heterocycles. The van der Waals surface area contributed by atoms with Crippen LogP contribution in [0.1, 0.15) is 30.0 Å². The second kappa shape index (κ2) is 10.0. The molecule has 0 unspecified atom stereocenters. The first-order chi connectivity index (χ1) is 13.9. The van der Waals surface area contributed by atoms with Crippen LogP contribution in [0.2, 0.25) is 0 Å². The SMILES string of the molecule is CC.COC(=O)c1cccc(-c2ccc(/C=C3/SC(=S)N(CC(=O)O)C3=O)o2)c1. The summed E-state index contributed by atoms with van der Waals surface area (Å²) in [4.78, 5) is 36.1. The number of carboxylic acid groups (broad SMARTS) is 1. The maximum absolute atomic E-state index is 12.3. The molecule has 1 aromatic heterocycles. The van der Waals surface area contributed by atoms with Gasteiger partial charge in [-0.1, -0.05) is 50.0 Å². The number of carboxylic acids is 1. The number of esters is 1. The molecule has 0 bridgehead atoms. The Hall–Kier alpha value is -2.91. The summed E-state index contributed by atoms with van der Waals surface area (Å²) < 4.78 is 10.6. The minimum absolute atomic E-state index is 0.186. The predicted octanol–water partition coefficient (Wildman–Crippen LogP) is 4.05. The van der Waals surface area contributed by atoms with Crippen molar-refractivity contribution in [2.75, 3.05) is 13.7 Å². The lowest BCUT2D eigenvalue weighted by Crippen LogP contribution is -2.33. The smallest absolute Gasteiger partial charge is 0.337 e. The van der Waals surface area contributed by atoms with Gasteiger partial charge in [0, 0.05) is 11.6 Å². The van der Waals surface area contributed by atoms with Crippen LogP contribution in [0.25, 0.3) is 17.4 Å². The van der Waals surface area contributed by atoms with Gasteiger partial charge >= 0.3 is 11.9 Å². The monoisotopic (exact) mass is 433 g/mol. The third-order valence-electron chi connectivity index (χ3n) is 3.64. The second-order valence-corrected chi connectivity index (χ2v) is 7.11. The van der Waals surface area contributed by atoms with Crippen LogP contribution in [0.3, 0.4) is 0 Å². The zero-order valence-electron chi connectivity index (χ0n) is 16.0. The molecular formula is C20H19NO6S2. The van der Waals surface area contributed by atoms with E-state index in [9.17, 15) is 14.4 Å². The Bertz CT molecular complexity index is 979. The van der Waals surface area contributed by atoms with Crippen LogP contribution in [0.4, 0.5) is 0 Å². The summed E-state index contributed by atoms with van der Waals surface area (Å²) in [6, 6.07) is 10.1. The number of benzene rings is 1. The molecule has 0 saturated carbocycles. The molecule has 3 rings (SSSR count). The average molecular weight is 434 g/mol. The summed E-state index contributed by atoms with van der Waals surface area (Å²) in [6.45, 7) is 3.52. The number of carbonyl (C=O) groups is 3. The second-order valence-electron chi connectivity index (χ2n) is 5.44. The number of furan rings is 1. The van der Waals surface area contributed by atoms with E-state index < -0.39 is 24.4 Å². The molecule has 2 heterocycles. The number of methoxy groups -OCH3 is 1. The Morgan fingerprint density at radius 1 is 1.28 bits per heavy atom. The Morgan fingerprint density at radius 2 is 2.00 bits per heavy atom. The van der Waals surface area contributed by atoms with Crippen LogP contribution in [0, 0.1) is 0 Å². The fourth-order valence-corrected chi connectivity index (χ4v) is 3.64. The van der Waals surface area contributed by atoms with E-state index in [0.29, 0.717) is 22.6 Å². The Labute approximate surface area is 177 Å². The average Bonchev–Trinajstić information content (AvgIpc) is 3.29. The Morgan fingerprint density at radius 3 is 2.66 bits per heavy atom. The number of hydrogen-bond donors (Lipinski definition) is 1. The first-order valence-electron chi connectivity index (χ1n) is 8.65. The quantitative estimate of drug-likeness (QED) is 0.429. The third kappa shape index (κ3) is 5.33. The van der Waals surface area contributed by atoms with Gasteiger partial charge in [0.2, 0.25) is 0 Å². The predicted molar refractivity (Wildman–Crippen MR) is 114 cm³/mol. The lowest BCUT2D eigenvalue weighted by molar-refractivity contribution is -0.140. The number of hydrogen-bond acceptors (Lipinski definition) is 7. The van der Waals surface area contributed by atoms with Crippen molar-refractivity contribution in [2.45, 2.75) is 13.8 Å². The molecule has 9 heteroatoms. The first-order valence-corrected chi connectivity index (χ1v) is 9.87. The highest BCUT2D eigenvalue weighted by molar-refractivity contribution is 8.26. The topological polar surface area (TPSA) is 97.0 Å². The van der Waals surface area contributed by atoms with Gasteiger partial charge in [-0.3, -0.25) is 14.5 Å². The number of aliphatic carboxylic acids is 1. The number of carbonyl (C=O) groups excluding carboxylic acids is 2. The van der Waals surface area contributed by atoms with Gasteiger partial charge in [0.15, 0.2) is 0 Å². The molecule has 29 heavy (non-hydrogen) atoms. The van der Waals surface area contributed by atoms with Crippen molar-refractivity contribution < 1.29 is 28.6 Å². The minimum atomic E-state index is -1.14. The van der Waals surface area contributed by atoms with Gasteiger partial charge in [-0.15, -0.1) is 0 Å². The molecule has 152 valence electrons. The number of nitrogens with zero attached hydrogens (tertiary/aromatic N) is 1. The number of amides is 1. The third-order valence-corrected chi connectivity index (χ3v) is 5.01. The molecule has 7 nitrogen and oxygen atoms in total. The number of thioether (sulfide) groups is 1. The molecule has 1 aromatic carbocycles. The molecule has 1 amide bonds. The number of ether oxygens (including phenoxy) is 1. The fraction of sp³-hybridized carbons (Fsp3) is 0.200. The maximum atomic E-state index is 12.3. The van der Waals surface area contributed by atoms with Crippen LogP contribution in [0.15, 0.2) is 45.7 Å². The highest BCUT2D eigenvalue weighted by Gasteiger charge is 2.33. The van der Waals surface area contributed by atoms with Gasteiger partial charge in [0.05, 0.1) is 17.6 Å². The lowest BCUT2D eigenvalue weighted by Gasteiger charge is -2.09. The zero-order chi connectivity index (χ0) is 21.6. The molecule has 1 fully saturated rings. The molecule has 1 aliphatic rings. The van der Waals surface area contributed by atoms with Crippen molar-refractivity contribution >= 4 is 52.2 Å². The van der Waals surface area contributed by atoms with E-state index in [1.807, 2.05) is 13.8 Å². The van der Waals surface area contributed by atoms with Gasteiger partial charge in [-0.2, -0.15) is 0 Å². The first kappa shape index (κ1) is 22.4. The van der Waals surface area contributed by atoms with Gasteiger partial charge < -0.3 is 14.3 Å². The van der Waals surface area contributed by atoms with Crippen LogP contribution in [-0.2, 0) is 14.3 Å². The van der Waals surface area contributed by atoms with Gasteiger partial charge in [-0.05, 0) is 24.3 Å². The van der Waals surface area contributed by atoms with E-state index in [1.165, 1.54) is 13.2 Å². The molecular weight excluding hydrogens is 414 g/mol. The van der Waals surface area contributed by atoms with E-state index >= 15 is 0 Å².